The first-order chi connectivity index (χ1) is 9.10. The minimum atomic E-state index is -0.113. The maximum Gasteiger partial charge on any atom is 0.270 e. The van der Waals surface area contributed by atoms with Crippen LogP contribution in [0.1, 0.15) is 47.7 Å². The van der Waals surface area contributed by atoms with E-state index in [1.807, 2.05) is 13.8 Å². The van der Waals surface area contributed by atoms with E-state index < -0.39 is 0 Å². The van der Waals surface area contributed by atoms with Crippen LogP contribution in [0.25, 0.3) is 0 Å². The predicted molar refractivity (Wildman–Crippen MR) is 74.2 cm³/mol. The van der Waals surface area contributed by atoms with Gasteiger partial charge in [0.1, 0.15) is 11.5 Å². The van der Waals surface area contributed by atoms with Gasteiger partial charge in [-0.2, -0.15) is 0 Å². The minimum Gasteiger partial charge on any atom is -0.351 e. The lowest BCUT2D eigenvalue weighted by atomic mass is 9.97. The van der Waals surface area contributed by atoms with Crippen molar-refractivity contribution in [3.8, 4) is 0 Å². The monoisotopic (exact) mass is 262 g/mol. The first-order valence-corrected chi connectivity index (χ1v) is 6.92. The molecule has 0 aliphatic carbocycles. The van der Waals surface area contributed by atoms with E-state index in [0.717, 1.165) is 37.4 Å². The maximum absolute atomic E-state index is 11.9. The van der Waals surface area contributed by atoms with Gasteiger partial charge in [-0.3, -0.25) is 4.79 Å². The first-order valence-electron chi connectivity index (χ1n) is 6.92. The second kappa shape index (κ2) is 6.10. The molecule has 0 spiro atoms. The fourth-order valence-electron chi connectivity index (χ4n) is 2.52. The van der Waals surface area contributed by atoms with Gasteiger partial charge in [0.25, 0.3) is 5.91 Å². The molecule has 1 atom stereocenters. The zero-order valence-electron chi connectivity index (χ0n) is 11.9. The number of likely N-dealkylation sites (tertiary alicyclic amines) is 1. The quantitative estimate of drug-likeness (QED) is 0.893. The van der Waals surface area contributed by atoms with Gasteiger partial charge in [-0.15, -0.1) is 0 Å². The van der Waals surface area contributed by atoms with Crippen molar-refractivity contribution in [2.75, 3.05) is 26.7 Å². The Hall–Kier alpha value is -1.49. The molecule has 1 aromatic rings. The van der Waals surface area contributed by atoms with Crippen LogP contribution < -0.4 is 5.32 Å². The molecular weight excluding hydrogens is 240 g/mol. The number of nitrogens with one attached hydrogen (secondary N) is 1. The number of likely N-dealkylation sites (N-methyl/N-ethyl adjacent to an activating group) is 1. The Morgan fingerprint density at radius 2 is 2.32 bits per heavy atom. The molecule has 0 saturated carbocycles. The van der Waals surface area contributed by atoms with E-state index in [-0.39, 0.29) is 5.91 Å². The third-order valence-corrected chi connectivity index (χ3v) is 3.43. The van der Waals surface area contributed by atoms with E-state index in [0.29, 0.717) is 18.2 Å². The Labute approximate surface area is 114 Å². The van der Waals surface area contributed by atoms with Gasteiger partial charge in [0, 0.05) is 24.7 Å². The van der Waals surface area contributed by atoms with Crippen LogP contribution in [0.3, 0.4) is 0 Å². The molecular formula is C14H22N4O. The molecule has 1 saturated heterocycles. The summed E-state index contributed by atoms with van der Waals surface area (Å²) in [5, 5.41) is 2.79. The van der Waals surface area contributed by atoms with Gasteiger partial charge < -0.3 is 10.2 Å². The molecule has 1 amide bonds. The third kappa shape index (κ3) is 3.50. The third-order valence-electron chi connectivity index (χ3n) is 3.43. The van der Waals surface area contributed by atoms with Crippen molar-refractivity contribution < 1.29 is 4.79 Å². The van der Waals surface area contributed by atoms with Crippen molar-refractivity contribution >= 4 is 5.91 Å². The standard InChI is InChI=1S/C14H22N4O/c1-4-15-14(19)12-8-10(2)16-13(17-12)11-6-5-7-18(3)9-11/h8,11H,4-7,9H2,1-3H3,(H,15,19). The van der Waals surface area contributed by atoms with Crippen molar-refractivity contribution in [1.82, 2.24) is 20.2 Å². The molecule has 19 heavy (non-hydrogen) atoms. The molecule has 1 unspecified atom stereocenters. The van der Waals surface area contributed by atoms with Crippen molar-refractivity contribution in [2.45, 2.75) is 32.6 Å². The number of carbonyl (C=O) groups excluding carboxylic acids is 1. The fraction of sp³-hybridized carbons (Fsp3) is 0.643. The van der Waals surface area contributed by atoms with Crippen molar-refractivity contribution in [3.63, 3.8) is 0 Å². The number of piperidine rings is 1. The van der Waals surface area contributed by atoms with Crippen molar-refractivity contribution in [1.29, 1.82) is 0 Å². The molecule has 0 aromatic carbocycles. The summed E-state index contributed by atoms with van der Waals surface area (Å²) in [7, 11) is 2.12. The van der Waals surface area contributed by atoms with E-state index in [4.69, 9.17) is 0 Å². The van der Waals surface area contributed by atoms with Gasteiger partial charge in [0.05, 0.1) is 0 Å². The van der Waals surface area contributed by atoms with E-state index in [1.54, 1.807) is 6.07 Å². The van der Waals surface area contributed by atoms with Crippen LogP contribution in [0.2, 0.25) is 0 Å². The Bertz CT molecular complexity index is 461. The van der Waals surface area contributed by atoms with E-state index in [1.165, 1.54) is 0 Å². The minimum absolute atomic E-state index is 0.113. The molecule has 1 aliphatic rings. The number of hydrogen-bond donors (Lipinski definition) is 1. The molecule has 1 aliphatic heterocycles. The highest BCUT2D eigenvalue weighted by molar-refractivity contribution is 5.92. The number of aromatic nitrogens is 2. The second-order valence-electron chi connectivity index (χ2n) is 5.21. The van der Waals surface area contributed by atoms with Crippen LogP contribution in [-0.2, 0) is 0 Å². The number of aryl methyl sites for hydroxylation is 1. The maximum atomic E-state index is 11.9. The fourth-order valence-corrected chi connectivity index (χ4v) is 2.52. The molecule has 2 rings (SSSR count). The zero-order valence-corrected chi connectivity index (χ0v) is 11.9. The number of carbonyl (C=O) groups is 1. The molecule has 1 fully saturated rings. The SMILES string of the molecule is CCNC(=O)c1cc(C)nc(C2CCCN(C)C2)n1. The highest BCUT2D eigenvalue weighted by atomic mass is 16.1. The zero-order chi connectivity index (χ0) is 13.8. The average Bonchev–Trinajstić information content (AvgIpc) is 2.38. The van der Waals surface area contributed by atoms with Crippen LogP contribution in [0, 0.1) is 6.92 Å². The summed E-state index contributed by atoms with van der Waals surface area (Å²) in [4.78, 5) is 23.2. The Morgan fingerprint density at radius 3 is 3.00 bits per heavy atom. The summed E-state index contributed by atoms with van der Waals surface area (Å²) in [6, 6.07) is 1.75. The Balaban J connectivity index is 2.23. The van der Waals surface area contributed by atoms with Crippen LogP contribution in [0.4, 0.5) is 0 Å². The Kier molecular flexibility index (Phi) is 4.47. The topological polar surface area (TPSA) is 58.1 Å². The number of amides is 1. The van der Waals surface area contributed by atoms with E-state index >= 15 is 0 Å². The molecule has 104 valence electrons. The Morgan fingerprint density at radius 1 is 1.53 bits per heavy atom. The lowest BCUT2D eigenvalue weighted by Gasteiger charge is -2.28. The summed E-state index contributed by atoms with van der Waals surface area (Å²) in [6.07, 6.45) is 2.26. The van der Waals surface area contributed by atoms with Gasteiger partial charge in [0.2, 0.25) is 0 Å². The summed E-state index contributed by atoms with van der Waals surface area (Å²) in [5.74, 6) is 1.04. The van der Waals surface area contributed by atoms with E-state index in [2.05, 4.69) is 27.2 Å². The normalized spacial score (nSPS) is 20.3. The molecule has 5 nitrogen and oxygen atoms in total. The highest BCUT2D eigenvalue weighted by Crippen LogP contribution is 2.23. The van der Waals surface area contributed by atoms with Crippen molar-refractivity contribution in [2.24, 2.45) is 0 Å². The second-order valence-corrected chi connectivity index (χ2v) is 5.21. The molecule has 0 radical (unpaired) electrons. The number of hydrogen-bond acceptors (Lipinski definition) is 4. The van der Waals surface area contributed by atoms with Crippen LogP contribution in [0.5, 0.6) is 0 Å². The molecule has 1 aromatic heterocycles. The van der Waals surface area contributed by atoms with E-state index in [9.17, 15) is 4.79 Å². The summed E-state index contributed by atoms with van der Waals surface area (Å²) in [6.45, 7) is 6.54. The summed E-state index contributed by atoms with van der Waals surface area (Å²) < 4.78 is 0. The van der Waals surface area contributed by atoms with Crippen molar-refractivity contribution in [3.05, 3.63) is 23.3 Å². The highest BCUT2D eigenvalue weighted by Gasteiger charge is 2.22. The smallest absolute Gasteiger partial charge is 0.270 e. The molecule has 0 bridgehead atoms. The van der Waals surface area contributed by atoms with Crippen LogP contribution >= 0.6 is 0 Å². The van der Waals surface area contributed by atoms with Gasteiger partial charge >= 0.3 is 0 Å². The lowest BCUT2D eigenvalue weighted by molar-refractivity contribution is 0.0950. The van der Waals surface area contributed by atoms with Crippen LogP contribution in [0.15, 0.2) is 6.07 Å². The van der Waals surface area contributed by atoms with Gasteiger partial charge in [-0.25, -0.2) is 9.97 Å². The van der Waals surface area contributed by atoms with Gasteiger partial charge in [-0.1, -0.05) is 0 Å². The predicted octanol–water partition coefficient (Wildman–Crippen LogP) is 1.34. The molecule has 5 heteroatoms. The lowest BCUT2D eigenvalue weighted by Crippen LogP contribution is -2.32. The first kappa shape index (κ1) is 13.9. The molecule has 2 heterocycles. The summed E-state index contributed by atoms with van der Waals surface area (Å²) in [5.41, 5.74) is 1.34. The largest absolute Gasteiger partial charge is 0.351 e. The number of rotatable bonds is 3. The van der Waals surface area contributed by atoms with Gasteiger partial charge in [0.15, 0.2) is 0 Å². The van der Waals surface area contributed by atoms with Gasteiger partial charge in [-0.05, 0) is 46.3 Å². The number of nitrogens with zero attached hydrogens (tertiary/aromatic N) is 3. The van der Waals surface area contributed by atoms with Crippen LogP contribution in [-0.4, -0.2) is 47.5 Å². The molecule has 1 N–H and O–H groups in total. The summed E-state index contributed by atoms with van der Waals surface area (Å²) >= 11 is 0. The average molecular weight is 262 g/mol.